The van der Waals surface area contributed by atoms with Crippen molar-refractivity contribution in [2.24, 2.45) is 0 Å². The van der Waals surface area contributed by atoms with Crippen LogP contribution in [0.25, 0.3) is 0 Å². The van der Waals surface area contributed by atoms with Gasteiger partial charge in [-0.25, -0.2) is 0 Å². The predicted octanol–water partition coefficient (Wildman–Crippen LogP) is 5.95. The first kappa shape index (κ1) is 22.7. The summed E-state index contributed by atoms with van der Waals surface area (Å²) in [6.07, 6.45) is 2.23. The lowest BCUT2D eigenvalue weighted by Gasteiger charge is -2.38. The van der Waals surface area contributed by atoms with E-state index in [2.05, 4.69) is 32.0 Å². The minimum Gasteiger partial charge on any atom is -0.497 e. The third-order valence-electron chi connectivity index (χ3n) is 6.26. The maximum atomic E-state index is 13.5. The minimum atomic E-state index is -0.272. The van der Waals surface area contributed by atoms with Crippen LogP contribution in [-0.2, 0) is 11.2 Å². The van der Waals surface area contributed by atoms with Gasteiger partial charge in [0.05, 0.1) is 32.8 Å². The number of hydrogen-bond donors (Lipinski definition) is 0. The van der Waals surface area contributed by atoms with Crippen LogP contribution in [0, 0.1) is 0 Å². The fourth-order valence-electron chi connectivity index (χ4n) is 4.44. The van der Waals surface area contributed by atoms with Gasteiger partial charge in [-0.05, 0) is 65.9 Å². The Morgan fingerprint density at radius 3 is 2.21 bits per heavy atom. The second kappa shape index (κ2) is 9.99. The Morgan fingerprint density at radius 1 is 0.909 bits per heavy atom. The first-order chi connectivity index (χ1) is 16.1. The van der Waals surface area contributed by atoms with Crippen LogP contribution in [0.15, 0.2) is 66.7 Å². The van der Waals surface area contributed by atoms with E-state index in [0.29, 0.717) is 12.2 Å². The molecule has 1 aliphatic heterocycles. The number of anilines is 1. The monoisotopic (exact) mass is 445 g/mol. The molecule has 3 aromatic rings. The fraction of sp³-hybridized carbons (Fsp3) is 0.321. The zero-order valence-electron chi connectivity index (χ0n) is 19.7. The van der Waals surface area contributed by atoms with Crippen LogP contribution in [0.3, 0.4) is 0 Å². The van der Waals surface area contributed by atoms with Gasteiger partial charge in [-0.3, -0.25) is 4.79 Å². The van der Waals surface area contributed by atoms with Gasteiger partial charge in [0, 0.05) is 5.69 Å². The smallest absolute Gasteiger partial charge is 0.232 e. The number of amides is 1. The van der Waals surface area contributed by atoms with Crippen molar-refractivity contribution in [1.82, 2.24) is 0 Å². The van der Waals surface area contributed by atoms with Gasteiger partial charge in [0.25, 0.3) is 0 Å². The van der Waals surface area contributed by atoms with Gasteiger partial charge in [-0.15, -0.1) is 0 Å². The fourth-order valence-corrected chi connectivity index (χ4v) is 4.44. The third kappa shape index (κ3) is 4.54. The van der Waals surface area contributed by atoms with Crippen molar-refractivity contribution in [3.8, 4) is 17.2 Å². The minimum absolute atomic E-state index is 0.0391. The number of methoxy groups -OCH3 is 2. The van der Waals surface area contributed by atoms with E-state index in [9.17, 15) is 4.79 Å². The molecular formula is C28H31NO4. The highest BCUT2D eigenvalue weighted by atomic mass is 16.5. The molecule has 0 aromatic heterocycles. The third-order valence-corrected chi connectivity index (χ3v) is 6.26. The van der Waals surface area contributed by atoms with Gasteiger partial charge in [0.1, 0.15) is 5.75 Å². The molecule has 1 unspecified atom stereocenters. The molecule has 0 fully saturated rings. The van der Waals surface area contributed by atoms with E-state index in [1.807, 2.05) is 53.4 Å². The second-order valence-corrected chi connectivity index (χ2v) is 8.21. The maximum Gasteiger partial charge on any atom is 0.232 e. The van der Waals surface area contributed by atoms with E-state index >= 15 is 0 Å². The lowest BCUT2D eigenvalue weighted by molar-refractivity contribution is -0.118. The van der Waals surface area contributed by atoms with E-state index in [0.717, 1.165) is 46.7 Å². The van der Waals surface area contributed by atoms with Crippen LogP contribution in [0.1, 0.15) is 49.4 Å². The Balaban J connectivity index is 1.87. The summed E-state index contributed by atoms with van der Waals surface area (Å²) in [5.74, 6) is 2.18. The van der Waals surface area contributed by atoms with Crippen molar-refractivity contribution in [2.45, 2.75) is 45.3 Å². The first-order valence-corrected chi connectivity index (χ1v) is 11.5. The molecule has 0 saturated carbocycles. The van der Waals surface area contributed by atoms with Crippen molar-refractivity contribution >= 4 is 11.6 Å². The number of carbonyl (C=O) groups is 1. The number of ether oxygens (including phenoxy) is 3. The number of fused-ring (bicyclic) bond motifs is 1. The van der Waals surface area contributed by atoms with Crippen LogP contribution >= 0.6 is 0 Å². The van der Waals surface area contributed by atoms with Crippen molar-refractivity contribution < 1.29 is 19.0 Å². The van der Waals surface area contributed by atoms with E-state index in [-0.39, 0.29) is 18.1 Å². The molecule has 0 bridgehead atoms. The average molecular weight is 446 g/mol. The quantitative estimate of drug-likeness (QED) is 0.430. The Morgan fingerprint density at radius 2 is 1.61 bits per heavy atom. The van der Waals surface area contributed by atoms with E-state index < -0.39 is 0 Å². The van der Waals surface area contributed by atoms with Crippen LogP contribution in [0.4, 0.5) is 5.69 Å². The zero-order chi connectivity index (χ0) is 23.4. The van der Waals surface area contributed by atoms with Crippen LogP contribution in [0.5, 0.6) is 17.2 Å². The molecule has 4 rings (SSSR count). The number of nitrogens with zero attached hydrogens (tertiary/aromatic N) is 1. The summed E-state index contributed by atoms with van der Waals surface area (Å²) in [6, 6.07) is 21.5. The molecule has 3 aromatic carbocycles. The Bertz CT molecular complexity index is 1090. The van der Waals surface area contributed by atoms with Gasteiger partial charge in [0.15, 0.2) is 11.5 Å². The van der Waals surface area contributed by atoms with Crippen molar-refractivity contribution in [3.05, 3.63) is 83.4 Å². The largest absolute Gasteiger partial charge is 0.497 e. The van der Waals surface area contributed by atoms with Gasteiger partial charge < -0.3 is 19.1 Å². The van der Waals surface area contributed by atoms with E-state index in [4.69, 9.17) is 14.2 Å². The first-order valence-electron chi connectivity index (χ1n) is 11.5. The molecular weight excluding hydrogens is 414 g/mol. The molecule has 1 atom stereocenters. The summed E-state index contributed by atoms with van der Waals surface area (Å²) in [7, 11) is 3.28. The van der Waals surface area contributed by atoms with Crippen molar-refractivity contribution in [3.63, 3.8) is 0 Å². The Hall–Kier alpha value is -3.47. The second-order valence-electron chi connectivity index (χ2n) is 8.21. The van der Waals surface area contributed by atoms with Crippen LogP contribution in [0.2, 0.25) is 0 Å². The topological polar surface area (TPSA) is 48.0 Å². The van der Waals surface area contributed by atoms with Gasteiger partial charge >= 0.3 is 0 Å². The van der Waals surface area contributed by atoms with Crippen LogP contribution < -0.4 is 19.1 Å². The van der Waals surface area contributed by atoms with Gasteiger partial charge in [-0.1, -0.05) is 44.2 Å². The molecule has 172 valence electrons. The van der Waals surface area contributed by atoms with Gasteiger partial charge in [0.2, 0.25) is 5.91 Å². The maximum absolute atomic E-state index is 13.5. The number of benzene rings is 3. The lowest BCUT2D eigenvalue weighted by atomic mass is 9.87. The highest BCUT2D eigenvalue weighted by Gasteiger charge is 2.36. The highest BCUT2D eigenvalue weighted by molar-refractivity contribution is 5.98. The lowest BCUT2D eigenvalue weighted by Crippen LogP contribution is -2.41. The summed E-state index contributed by atoms with van der Waals surface area (Å²) in [6.45, 7) is 4.24. The average Bonchev–Trinajstić information content (AvgIpc) is 2.86. The summed E-state index contributed by atoms with van der Waals surface area (Å²) in [4.78, 5) is 15.4. The molecule has 1 amide bonds. The molecule has 5 nitrogen and oxygen atoms in total. The SMILES string of the molecule is CCC(CC)Oc1cc2c(cc1OC)CC(=O)N(c1ccc(OC)cc1)C2c1ccccc1. The molecule has 1 heterocycles. The van der Waals surface area contributed by atoms with Gasteiger partial charge in [-0.2, -0.15) is 0 Å². The van der Waals surface area contributed by atoms with Crippen molar-refractivity contribution in [1.29, 1.82) is 0 Å². The Kier molecular flexibility index (Phi) is 6.87. The highest BCUT2D eigenvalue weighted by Crippen LogP contribution is 2.43. The number of rotatable bonds is 8. The summed E-state index contributed by atoms with van der Waals surface area (Å²) < 4.78 is 17.3. The molecule has 0 spiro atoms. The normalized spacial score (nSPS) is 15.4. The van der Waals surface area contributed by atoms with E-state index in [1.54, 1.807) is 14.2 Å². The summed E-state index contributed by atoms with van der Waals surface area (Å²) in [5, 5.41) is 0. The molecule has 33 heavy (non-hydrogen) atoms. The molecule has 0 aliphatic carbocycles. The molecule has 0 radical (unpaired) electrons. The Labute approximate surface area is 195 Å². The molecule has 1 aliphatic rings. The zero-order valence-corrected chi connectivity index (χ0v) is 19.7. The molecule has 0 N–H and O–H groups in total. The standard InChI is InChI=1S/C28H31NO4/c1-5-22(6-2)33-26-18-24-20(16-25(26)32-4)17-27(30)29(21-12-14-23(31-3)15-13-21)28(24)19-10-8-7-9-11-19/h7-16,18,22,28H,5-6,17H2,1-4H3. The van der Waals surface area contributed by atoms with Crippen LogP contribution in [-0.4, -0.2) is 26.2 Å². The predicted molar refractivity (Wildman–Crippen MR) is 130 cm³/mol. The number of hydrogen-bond acceptors (Lipinski definition) is 4. The van der Waals surface area contributed by atoms with Crippen molar-refractivity contribution in [2.75, 3.05) is 19.1 Å². The summed E-state index contributed by atoms with van der Waals surface area (Å²) >= 11 is 0. The summed E-state index contributed by atoms with van der Waals surface area (Å²) in [5.41, 5.74) is 3.89. The molecule has 5 heteroatoms. The van der Waals surface area contributed by atoms with E-state index in [1.165, 1.54) is 0 Å². The molecule has 0 saturated heterocycles. The number of carbonyl (C=O) groups excluding carboxylic acids is 1.